The maximum Gasteiger partial charge on any atom is 0.243 e. The summed E-state index contributed by atoms with van der Waals surface area (Å²) in [4.78, 5) is 12.0. The molecular weight excluding hydrogens is 332 g/mol. The van der Waals surface area contributed by atoms with Crippen LogP contribution in [0.1, 0.15) is 18.9 Å². The number of carbonyl (C=O) groups excluding carboxylic acids is 1. The Kier molecular flexibility index (Phi) is 6.73. The quantitative estimate of drug-likeness (QED) is 0.779. The summed E-state index contributed by atoms with van der Waals surface area (Å²) in [7, 11) is -1.92. The molecule has 1 N–H and O–H groups in total. The molecule has 1 aromatic carbocycles. The number of sulfonamides is 1. The molecule has 1 saturated heterocycles. The zero-order chi connectivity index (χ0) is 17.6. The summed E-state index contributed by atoms with van der Waals surface area (Å²) < 4.78 is 36.7. The van der Waals surface area contributed by atoms with E-state index in [-0.39, 0.29) is 16.9 Å². The monoisotopic (exact) mass is 356 g/mol. The smallest absolute Gasteiger partial charge is 0.243 e. The molecule has 0 aliphatic carbocycles. The summed E-state index contributed by atoms with van der Waals surface area (Å²) in [6.45, 7) is 3.76. The van der Waals surface area contributed by atoms with Crippen LogP contribution in [0, 0.1) is 0 Å². The van der Waals surface area contributed by atoms with Crippen LogP contribution in [-0.2, 0) is 30.8 Å². The minimum Gasteiger partial charge on any atom is -0.381 e. The third-order valence-electron chi connectivity index (χ3n) is 3.90. The van der Waals surface area contributed by atoms with Gasteiger partial charge in [0.05, 0.1) is 30.6 Å². The number of amides is 1. The van der Waals surface area contributed by atoms with E-state index >= 15 is 0 Å². The molecule has 0 radical (unpaired) electrons. The maximum absolute atomic E-state index is 12.5. The Morgan fingerprint density at radius 3 is 2.50 bits per heavy atom. The number of hydrogen-bond acceptors (Lipinski definition) is 5. The van der Waals surface area contributed by atoms with Gasteiger partial charge in [-0.15, -0.1) is 0 Å². The van der Waals surface area contributed by atoms with Crippen molar-refractivity contribution in [2.75, 3.05) is 33.4 Å². The number of nitrogens with zero attached hydrogens (tertiary/aromatic N) is 1. The number of methoxy groups -OCH3 is 1. The first-order chi connectivity index (χ1) is 11.4. The van der Waals surface area contributed by atoms with Crippen LogP contribution in [0.3, 0.4) is 0 Å². The van der Waals surface area contributed by atoms with Gasteiger partial charge in [-0.3, -0.25) is 4.79 Å². The van der Waals surface area contributed by atoms with Crippen LogP contribution in [-0.4, -0.2) is 58.1 Å². The highest BCUT2D eigenvalue weighted by Crippen LogP contribution is 2.17. The minimum atomic E-state index is -3.48. The third-order valence-corrected chi connectivity index (χ3v) is 5.81. The highest BCUT2D eigenvalue weighted by atomic mass is 32.2. The number of carbonyl (C=O) groups is 1. The molecule has 7 nitrogen and oxygen atoms in total. The SMILES string of the molecule is COC(C)CC(=O)NCc1ccc(S(=O)(=O)N2CCOCC2)cc1. The molecule has 0 saturated carbocycles. The van der Waals surface area contributed by atoms with Crippen molar-refractivity contribution in [1.82, 2.24) is 9.62 Å². The second-order valence-corrected chi connectivity index (χ2v) is 7.63. The number of hydrogen-bond donors (Lipinski definition) is 1. The van der Waals surface area contributed by atoms with Crippen LogP contribution in [0.15, 0.2) is 29.2 Å². The molecule has 1 heterocycles. The Morgan fingerprint density at radius 1 is 1.29 bits per heavy atom. The molecule has 1 fully saturated rings. The standard InChI is InChI=1S/C16H24N2O5S/c1-13(22-2)11-16(19)17-12-14-3-5-15(6-4-14)24(20,21)18-7-9-23-10-8-18/h3-6,13H,7-12H2,1-2H3,(H,17,19). The van der Waals surface area contributed by atoms with Gasteiger partial charge in [0, 0.05) is 26.7 Å². The zero-order valence-electron chi connectivity index (χ0n) is 14.0. The molecule has 1 aromatic rings. The molecule has 24 heavy (non-hydrogen) atoms. The Hall–Kier alpha value is -1.48. The van der Waals surface area contributed by atoms with E-state index in [1.807, 2.05) is 6.92 Å². The third kappa shape index (κ3) is 5.01. The fourth-order valence-electron chi connectivity index (χ4n) is 2.33. The highest BCUT2D eigenvalue weighted by molar-refractivity contribution is 7.89. The number of benzene rings is 1. The van der Waals surface area contributed by atoms with Crippen LogP contribution < -0.4 is 5.32 Å². The van der Waals surface area contributed by atoms with Gasteiger partial charge in [0.15, 0.2) is 0 Å². The Labute approximate surface area is 143 Å². The average molecular weight is 356 g/mol. The Bertz CT molecular complexity index is 639. The van der Waals surface area contributed by atoms with Crippen LogP contribution in [0.4, 0.5) is 0 Å². The lowest BCUT2D eigenvalue weighted by Crippen LogP contribution is -2.40. The number of morpholine rings is 1. The van der Waals surface area contributed by atoms with E-state index < -0.39 is 10.0 Å². The van der Waals surface area contributed by atoms with Gasteiger partial charge in [-0.05, 0) is 24.6 Å². The van der Waals surface area contributed by atoms with Gasteiger partial charge in [0.1, 0.15) is 0 Å². The molecule has 0 spiro atoms. The van der Waals surface area contributed by atoms with E-state index in [4.69, 9.17) is 9.47 Å². The van der Waals surface area contributed by atoms with E-state index in [0.29, 0.717) is 39.3 Å². The number of ether oxygens (including phenoxy) is 2. The first-order valence-corrected chi connectivity index (χ1v) is 9.34. The number of nitrogens with one attached hydrogen (secondary N) is 1. The van der Waals surface area contributed by atoms with Crippen molar-refractivity contribution in [3.8, 4) is 0 Å². The largest absolute Gasteiger partial charge is 0.381 e. The fraction of sp³-hybridized carbons (Fsp3) is 0.562. The van der Waals surface area contributed by atoms with E-state index in [1.54, 1.807) is 31.4 Å². The molecular formula is C16H24N2O5S. The first-order valence-electron chi connectivity index (χ1n) is 7.90. The van der Waals surface area contributed by atoms with Crippen LogP contribution in [0.2, 0.25) is 0 Å². The molecule has 1 unspecified atom stereocenters. The molecule has 0 bridgehead atoms. The lowest BCUT2D eigenvalue weighted by Gasteiger charge is -2.26. The maximum atomic E-state index is 12.5. The van der Waals surface area contributed by atoms with Gasteiger partial charge >= 0.3 is 0 Å². The van der Waals surface area contributed by atoms with Crippen LogP contribution in [0.5, 0.6) is 0 Å². The summed E-state index contributed by atoms with van der Waals surface area (Å²) in [5.74, 6) is -0.102. The molecule has 2 rings (SSSR count). The van der Waals surface area contributed by atoms with Crippen LogP contribution in [0.25, 0.3) is 0 Å². The van der Waals surface area contributed by atoms with Crippen molar-refractivity contribution in [1.29, 1.82) is 0 Å². The van der Waals surface area contributed by atoms with E-state index in [9.17, 15) is 13.2 Å². The molecule has 1 atom stereocenters. The van der Waals surface area contributed by atoms with Crippen molar-refractivity contribution in [3.63, 3.8) is 0 Å². The second-order valence-electron chi connectivity index (χ2n) is 5.69. The van der Waals surface area contributed by atoms with Gasteiger partial charge in [0.25, 0.3) is 0 Å². The molecule has 1 amide bonds. The van der Waals surface area contributed by atoms with Gasteiger partial charge in [-0.2, -0.15) is 4.31 Å². The molecule has 1 aliphatic heterocycles. The van der Waals surface area contributed by atoms with Crippen molar-refractivity contribution in [2.45, 2.75) is 30.9 Å². The molecule has 1 aliphatic rings. The van der Waals surface area contributed by atoms with Gasteiger partial charge in [-0.25, -0.2) is 8.42 Å². The Morgan fingerprint density at radius 2 is 1.92 bits per heavy atom. The zero-order valence-corrected chi connectivity index (χ0v) is 14.8. The van der Waals surface area contributed by atoms with Crippen molar-refractivity contribution < 1.29 is 22.7 Å². The number of rotatable bonds is 7. The predicted molar refractivity (Wildman–Crippen MR) is 89.0 cm³/mol. The summed E-state index contributed by atoms with van der Waals surface area (Å²) >= 11 is 0. The predicted octanol–water partition coefficient (Wildman–Crippen LogP) is 0.749. The summed E-state index contributed by atoms with van der Waals surface area (Å²) in [5, 5.41) is 2.79. The summed E-state index contributed by atoms with van der Waals surface area (Å²) in [5.41, 5.74) is 0.842. The van der Waals surface area contributed by atoms with Crippen molar-refractivity contribution in [2.24, 2.45) is 0 Å². The minimum absolute atomic E-state index is 0.102. The average Bonchev–Trinajstić information content (AvgIpc) is 2.61. The normalized spacial score (nSPS) is 17.4. The van der Waals surface area contributed by atoms with Crippen molar-refractivity contribution in [3.05, 3.63) is 29.8 Å². The summed E-state index contributed by atoms with van der Waals surface area (Å²) in [6, 6.07) is 6.58. The topological polar surface area (TPSA) is 84.9 Å². The van der Waals surface area contributed by atoms with Gasteiger partial charge < -0.3 is 14.8 Å². The fourth-order valence-corrected chi connectivity index (χ4v) is 3.74. The lowest BCUT2D eigenvalue weighted by molar-refractivity contribution is -0.123. The van der Waals surface area contributed by atoms with E-state index in [1.165, 1.54) is 4.31 Å². The molecule has 8 heteroatoms. The molecule has 134 valence electrons. The molecule has 0 aromatic heterocycles. The first kappa shape index (κ1) is 18.9. The second kappa shape index (κ2) is 8.57. The Balaban J connectivity index is 1.94. The van der Waals surface area contributed by atoms with Gasteiger partial charge in [-0.1, -0.05) is 12.1 Å². The van der Waals surface area contributed by atoms with Crippen molar-refractivity contribution >= 4 is 15.9 Å². The summed E-state index contributed by atoms with van der Waals surface area (Å²) in [6.07, 6.45) is 0.158. The van der Waals surface area contributed by atoms with Crippen LogP contribution >= 0.6 is 0 Å². The highest BCUT2D eigenvalue weighted by Gasteiger charge is 2.26. The van der Waals surface area contributed by atoms with E-state index in [0.717, 1.165) is 5.56 Å². The van der Waals surface area contributed by atoms with Gasteiger partial charge in [0.2, 0.25) is 15.9 Å². The lowest BCUT2D eigenvalue weighted by atomic mass is 10.2. The van der Waals surface area contributed by atoms with E-state index in [2.05, 4.69) is 5.32 Å².